The highest BCUT2D eigenvalue weighted by molar-refractivity contribution is 5.54. The maximum absolute atomic E-state index is 12.9. The summed E-state index contributed by atoms with van der Waals surface area (Å²) >= 11 is 0. The van der Waals surface area contributed by atoms with Gasteiger partial charge in [-0.3, -0.25) is 0 Å². The Kier molecular flexibility index (Phi) is 3.52. The Hall–Kier alpha value is -2.00. The highest BCUT2D eigenvalue weighted by Crippen LogP contribution is 2.12. The van der Waals surface area contributed by atoms with Crippen LogP contribution < -0.4 is 5.73 Å². The zero-order valence-corrected chi connectivity index (χ0v) is 7.39. The number of nitrogen functional groups attached to an aromatic ring is 1. The molecule has 0 spiro atoms. The van der Waals surface area contributed by atoms with E-state index in [1.165, 1.54) is 12.1 Å². The number of nitrogens with two attached hydrogens (primary N) is 1. The lowest BCUT2D eigenvalue weighted by molar-refractivity contribution is 0.632. The molecule has 0 amide bonds. The maximum atomic E-state index is 12.9. The molecule has 0 saturated carbocycles. The standard InChI is InChI=1S/C9H9FN4/c10-8-6-7(3-4-9(8)11)2-1-5-13-14-12/h1-4,6H,5,11H2. The summed E-state index contributed by atoms with van der Waals surface area (Å²) in [6, 6.07) is 4.50. The van der Waals surface area contributed by atoms with Crippen LogP contribution in [0.1, 0.15) is 5.56 Å². The lowest BCUT2D eigenvalue weighted by Gasteiger charge is -1.97. The predicted molar refractivity (Wildman–Crippen MR) is 53.9 cm³/mol. The highest BCUT2D eigenvalue weighted by Gasteiger charge is 1.96. The lowest BCUT2D eigenvalue weighted by atomic mass is 10.2. The molecule has 0 aliphatic carbocycles. The first-order chi connectivity index (χ1) is 6.74. The van der Waals surface area contributed by atoms with E-state index < -0.39 is 5.82 Å². The van der Waals surface area contributed by atoms with Crippen LogP contribution in [0.4, 0.5) is 10.1 Å². The Morgan fingerprint density at radius 1 is 1.57 bits per heavy atom. The van der Waals surface area contributed by atoms with E-state index in [1.807, 2.05) is 0 Å². The van der Waals surface area contributed by atoms with E-state index in [1.54, 1.807) is 18.2 Å². The van der Waals surface area contributed by atoms with Gasteiger partial charge in [-0.1, -0.05) is 23.3 Å². The molecule has 0 unspecified atom stereocenters. The highest BCUT2D eigenvalue weighted by atomic mass is 19.1. The minimum absolute atomic E-state index is 0.122. The molecule has 1 aromatic rings. The Morgan fingerprint density at radius 2 is 2.36 bits per heavy atom. The normalized spacial score (nSPS) is 10.1. The number of halogens is 1. The Bertz CT molecular complexity index is 394. The summed E-state index contributed by atoms with van der Waals surface area (Å²) in [5, 5.41) is 3.30. The molecule has 1 rings (SSSR count). The van der Waals surface area contributed by atoms with E-state index in [0.717, 1.165) is 0 Å². The molecule has 4 nitrogen and oxygen atoms in total. The summed E-state index contributed by atoms with van der Waals surface area (Å²) in [7, 11) is 0. The molecule has 0 aliphatic heterocycles. The van der Waals surface area contributed by atoms with Gasteiger partial charge in [-0.05, 0) is 23.2 Å². The molecule has 0 radical (unpaired) electrons. The summed E-state index contributed by atoms with van der Waals surface area (Å²) < 4.78 is 12.9. The Labute approximate surface area is 80.5 Å². The second kappa shape index (κ2) is 4.89. The number of rotatable bonds is 3. The summed E-state index contributed by atoms with van der Waals surface area (Å²) in [6.45, 7) is 0.252. The van der Waals surface area contributed by atoms with Crippen molar-refractivity contribution in [1.29, 1.82) is 0 Å². The van der Waals surface area contributed by atoms with E-state index >= 15 is 0 Å². The maximum Gasteiger partial charge on any atom is 0.146 e. The van der Waals surface area contributed by atoms with E-state index in [4.69, 9.17) is 11.3 Å². The molecule has 0 bridgehead atoms. The Morgan fingerprint density at radius 3 is 3.00 bits per heavy atom. The van der Waals surface area contributed by atoms with E-state index in [2.05, 4.69) is 10.0 Å². The van der Waals surface area contributed by atoms with Crippen molar-refractivity contribution in [2.24, 2.45) is 5.11 Å². The zero-order chi connectivity index (χ0) is 10.4. The van der Waals surface area contributed by atoms with Gasteiger partial charge in [0.2, 0.25) is 0 Å². The third-order valence-corrected chi connectivity index (χ3v) is 1.59. The van der Waals surface area contributed by atoms with Crippen LogP contribution in [-0.2, 0) is 0 Å². The smallest absolute Gasteiger partial charge is 0.146 e. The van der Waals surface area contributed by atoms with Crippen molar-refractivity contribution in [3.05, 3.63) is 46.1 Å². The molecule has 1 aromatic carbocycles. The van der Waals surface area contributed by atoms with Gasteiger partial charge in [-0.15, -0.1) is 0 Å². The monoisotopic (exact) mass is 192 g/mol. The van der Waals surface area contributed by atoms with Gasteiger partial charge < -0.3 is 5.73 Å². The number of hydrogen-bond acceptors (Lipinski definition) is 2. The van der Waals surface area contributed by atoms with Crippen LogP contribution in [-0.4, -0.2) is 6.54 Å². The Balaban J connectivity index is 2.72. The summed E-state index contributed by atoms with van der Waals surface area (Å²) in [5.41, 5.74) is 14.1. The molecule has 72 valence electrons. The molecule has 0 aromatic heterocycles. The second-order valence-corrected chi connectivity index (χ2v) is 2.60. The molecule has 0 saturated heterocycles. The van der Waals surface area contributed by atoms with Crippen molar-refractivity contribution in [2.75, 3.05) is 12.3 Å². The topological polar surface area (TPSA) is 74.8 Å². The SMILES string of the molecule is [N-]=[N+]=NCC=Cc1ccc(N)c(F)c1. The molecular weight excluding hydrogens is 183 g/mol. The van der Waals surface area contributed by atoms with Crippen molar-refractivity contribution >= 4 is 11.8 Å². The summed E-state index contributed by atoms with van der Waals surface area (Å²) in [5.74, 6) is -0.448. The number of anilines is 1. The van der Waals surface area contributed by atoms with Crippen LogP contribution in [0, 0.1) is 5.82 Å². The van der Waals surface area contributed by atoms with Gasteiger partial charge in [-0.2, -0.15) is 0 Å². The van der Waals surface area contributed by atoms with Crippen LogP contribution in [0.5, 0.6) is 0 Å². The lowest BCUT2D eigenvalue weighted by Crippen LogP contribution is -1.89. The zero-order valence-electron chi connectivity index (χ0n) is 7.39. The molecule has 0 atom stereocenters. The van der Waals surface area contributed by atoms with E-state index in [9.17, 15) is 4.39 Å². The van der Waals surface area contributed by atoms with Gasteiger partial charge >= 0.3 is 0 Å². The number of azide groups is 1. The van der Waals surface area contributed by atoms with Crippen LogP contribution in [0.25, 0.3) is 16.5 Å². The first kappa shape index (κ1) is 10.1. The van der Waals surface area contributed by atoms with Crippen molar-refractivity contribution in [1.82, 2.24) is 0 Å². The first-order valence-electron chi connectivity index (χ1n) is 3.96. The third-order valence-electron chi connectivity index (χ3n) is 1.59. The van der Waals surface area contributed by atoms with Gasteiger partial charge in [0.05, 0.1) is 5.69 Å². The van der Waals surface area contributed by atoms with Gasteiger partial charge in [0, 0.05) is 11.5 Å². The van der Waals surface area contributed by atoms with Gasteiger partial charge in [0.25, 0.3) is 0 Å². The van der Waals surface area contributed by atoms with E-state index in [0.29, 0.717) is 5.56 Å². The predicted octanol–water partition coefficient (Wildman–Crippen LogP) is 2.73. The fourth-order valence-corrected chi connectivity index (χ4v) is 0.919. The van der Waals surface area contributed by atoms with Gasteiger partial charge in [0.1, 0.15) is 5.82 Å². The molecule has 5 heteroatoms. The molecule has 14 heavy (non-hydrogen) atoms. The minimum atomic E-state index is -0.448. The average molecular weight is 192 g/mol. The van der Waals surface area contributed by atoms with Crippen LogP contribution in [0.15, 0.2) is 29.4 Å². The molecule has 0 heterocycles. The van der Waals surface area contributed by atoms with E-state index in [-0.39, 0.29) is 12.2 Å². The fourth-order valence-electron chi connectivity index (χ4n) is 0.919. The molecule has 2 N–H and O–H groups in total. The number of benzene rings is 1. The van der Waals surface area contributed by atoms with Crippen LogP contribution in [0.2, 0.25) is 0 Å². The molecular formula is C9H9FN4. The minimum Gasteiger partial charge on any atom is -0.396 e. The number of nitrogens with zero attached hydrogens (tertiary/aromatic N) is 3. The van der Waals surface area contributed by atoms with Gasteiger partial charge in [-0.25, -0.2) is 4.39 Å². The summed E-state index contributed by atoms with van der Waals surface area (Å²) in [6.07, 6.45) is 3.31. The quantitative estimate of drug-likeness (QED) is 0.340. The van der Waals surface area contributed by atoms with Gasteiger partial charge in [0.15, 0.2) is 0 Å². The average Bonchev–Trinajstić information content (AvgIpc) is 2.18. The summed E-state index contributed by atoms with van der Waals surface area (Å²) in [4.78, 5) is 2.58. The van der Waals surface area contributed by atoms with Crippen molar-refractivity contribution in [3.63, 3.8) is 0 Å². The third kappa shape index (κ3) is 2.80. The van der Waals surface area contributed by atoms with Crippen LogP contribution in [0.3, 0.4) is 0 Å². The number of hydrogen-bond donors (Lipinski definition) is 1. The van der Waals surface area contributed by atoms with Crippen LogP contribution >= 0.6 is 0 Å². The molecule has 0 aliphatic rings. The van der Waals surface area contributed by atoms with Crippen molar-refractivity contribution < 1.29 is 4.39 Å². The van der Waals surface area contributed by atoms with Crippen molar-refractivity contribution in [3.8, 4) is 0 Å². The van der Waals surface area contributed by atoms with Crippen molar-refractivity contribution in [2.45, 2.75) is 0 Å². The second-order valence-electron chi connectivity index (χ2n) is 2.60. The first-order valence-corrected chi connectivity index (χ1v) is 3.96. The largest absolute Gasteiger partial charge is 0.396 e. The fraction of sp³-hybridized carbons (Fsp3) is 0.111. The molecule has 0 fully saturated rings.